The van der Waals surface area contributed by atoms with Crippen LogP contribution in [0, 0.1) is 6.92 Å². The average molecular weight is 399 g/mol. The minimum atomic E-state index is -0.461. The van der Waals surface area contributed by atoms with Gasteiger partial charge >= 0.3 is 0 Å². The highest BCUT2D eigenvalue weighted by atomic mass is 16.3. The van der Waals surface area contributed by atoms with Gasteiger partial charge in [-0.1, -0.05) is 27.7 Å². The number of imide groups is 1. The van der Waals surface area contributed by atoms with Gasteiger partial charge in [0.25, 0.3) is 11.8 Å². The molecule has 0 saturated carbocycles. The molecule has 3 rings (SSSR count). The zero-order chi connectivity index (χ0) is 21.7. The van der Waals surface area contributed by atoms with Crippen molar-refractivity contribution >= 4 is 29.1 Å². The summed E-state index contributed by atoms with van der Waals surface area (Å²) >= 11 is 0. The van der Waals surface area contributed by atoms with Crippen molar-refractivity contribution in [1.29, 1.82) is 0 Å². The van der Waals surface area contributed by atoms with Gasteiger partial charge in [-0.25, -0.2) is 0 Å². The number of nitrogens with one attached hydrogen (secondary N) is 2. The molecule has 0 bridgehead atoms. The molecule has 0 aromatic heterocycles. The fraction of sp³-hybridized carbons (Fsp3) is 0.500. The number of anilines is 2. The summed E-state index contributed by atoms with van der Waals surface area (Å²) in [5.74, 6) is -1.08. The lowest BCUT2D eigenvalue weighted by molar-refractivity contribution is -0.137. The second-order valence-corrected chi connectivity index (χ2v) is 9.17. The van der Waals surface area contributed by atoms with Crippen molar-refractivity contribution in [2.24, 2.45) is 0 Å². The van der Waals surface area contributed by atoms with Gasteiger partial charge in [-0.3, -0.25) is 19.3 Å². The average Bonchev–Trinajstić information content (AvgIpc) is 2.94. The van der Waals surface area contributed by atoms with Crippen LogP contribution in [-0.2, 0) is 25.2 Å². The first-order valence-electron chi connectivity index (χ1n) is 9.80. The maximum atomic E-state index is 12.7. The molecule has 0 saturated heterocycles. The summed E-state index contributed by atoms with van der Waals surface area (Å²) in [6, 6.07) is 2.03. The molecule has 1 aromatic rings. The topological polar surface area (TPSA) is 98.7 Å². The molecule has 3 amide bonds. The summed E-state index contributed by atoms with van der Waals surface area (Å²) in [5, 5.41) is 15.2. The predicted octanol–water partition coefficient (Wildman–Crippen LogP) is 2.57. The summed E-state index contributed by atoms with van der Waals surface area (Å²) in [5.41, 5.74) is 4.37. The third-order valence-electron chi connectivity index (χ3n) is 5.78. The molecule has 0 radical (unpaired) electrons. The standard InChI is InChI=1S/C22H29N3O4/c1-12-15(23-13(2)27)9-14-18(22(5,6)11-21(14,3)4)19(12)24-16-10-17(28)25(7-8-26)20(16)29/h9-10,24,26H,7-8,11H2,1-6H3,(H,23,27). The Morgan fingerprint density at radius 2 is 1.86 bits per heavy atom. The normalized spacial score (nSPS) is 19.3. The van der Waals surface area contributed by atoms with Crippen molar-refractivity contribution in [3.05, 3.63) is 34.5 Å². The lowest BCUT2D eigenvalue weighted by Crippen LogP contribution is -2.34. The largest absolute Gasteiger partial charge is 0.395 e. The van der Waals surface area contributed by atoms with Crippen molar-refractivity contribution in [3.8, 4) is 0 Å². The molecular formula is C22H29N3O4. The molecule has 3 N–H and O–H groups in total. The first kappa shape index (κ1) is 21.0. The second-order valence-electron chi connectivity index (χ2n) is 9.17. The lowest BCUT2D eigenvalue weighted by Gasteiger charge is -2.26. The third kappa shape index (κ3) is 3.55. The van der Waals surface area contributed by atoms with Gasteiger partial charge in [0.1, 0.15) is 5.70 Å². The predicted molar refractivity (Wildman–Crippen MR) is 112 cm³/mol. The Bertz CT molecular complexity index is 944. The maximum absolute atomic E-state index is 12.7. The number of rotatable bonds is 5. The van der Waals surface area contributed by atoms with E-state index in [-0.39, 0.29) is 35.6 Å². The van der Waals surface area contributed by atoms with Crippen molar-refractivity contribution in [2.45, 2.75) is 58.8 Å². The van der Waals surface area contributed by atoms with Crippen molar-refractivity contribution < 1.29 is 19.5 Å². The van der Waals surface area contributed by atoms with Crippen LogP contribution in [0.3, 0.4) is 0 Å². The van der Waals surface area contributed by atoms with Crippen molar-refractivity contribution in [3.63, 3.8) is 0 Å². The molecule has 1 aromatic carbocycles. The molecule has 2 aliphatic rings. The van der Waals surface area contributed by atoms with Gasteiger partial charge in [-0.15, -0.1) is 0 Å². The van der Waals surface area contributed by atoms with Crippen LogP contribution in [0.25, 0.3) is 0 Å². The van der Waals surface area contributed by atoms with Gasteiger partial charge in [-0.2, -0.15) is 0 Å². The van der Waals surface area contributed by atoms with Crippen LogP contribution in [0.15, 0.2) is 17.8 Å². The van der Waals surface area contributed by atoms with Crippen molar-refractivity contribution in [1.82, 2.24) is 4.90 Å². The van der Waals surface area contributed by atoms with E-state index in [2.05, 4.69) is 38.3 Å². The number of amides is 3. The van der Waals surface area contributed by atoms with E-state index in [1.807, 2.05) is 13.0 Å². The summed E-state index contributed by atoms with van der Waals surface area (Å²) in [4.78, 5) is 37.6. The number of carbonyl (C=O) groups excluding carboxylic acids is 3. The van der Waals surface area contributed by atoms with Crippen LogP contribution < -0.4 is 10.6 Å². The van der Waals surface area contributed by atoms with E-state index in [9.17, 15) is 14.4 Å². The van der Waals surface area contributed by atoms with E-state index in [1.54, 1.807) is 0 Å². The molecule has 0 unspecified atom stereocenters. The fourth-order valence-electron chi connectivity index (χ4n) is 4.83. The Hall–Kier alpha value is -2.67. The second kappa shape index (κ2) is 6.99. The van der Waals surface area contributed by atoms with Crippen LogP contribution in [0.2, 0.25) is 0 Å². The molecule has 1 aliphatic heterocycles. The summed E-state index contributed by atoms with van der Waals surface area (Å²) in [7, 11) is 0. The summed E-state index contributed by atoms with van der Waals surface area (Å²) in [6.07, 6.45) is 2.18. The zero-order valence-corrected chi connectivity index (χ0v) is 17.9. The van der Waals surface area contributed by atoms with E-state index in [4.69, 9.17) is 5.11 Å². The Morgan fingerprint density at radius 3 is 2.45 bits per heavy atom. The van der Waals surface area contributed by atoms with Gasteiger partial charge in [-0.05, 0) is 46.9 Å². The smallest absolute Gasteiger partial charge is 0.277 e. The van der Waals surface area contributed by atoms with E-state index < -0.39 is 11.8 Å². The highest BCUT2D eigenvalue weighted by molar-refractivity contribution is 6.17. The van der Waals surface area contributed by atoms with Gasteiger partial charge in [0.05, 0.1) is 13.2 Å². The fourth-order valence-corrected chi connectivity index (χ4v) is 4.83. The third-order valence-corrected chi connectivity index (χ3v) is 5.78. The van der Waals surface area contributed by atoms with Crippen LogP contribution in [0.1, 0.15) is 57.7 Å². The van der Waals surface area contributed by atoms with E-state index >= 15 is 0 Å². The SMILES string of the molecule is CC(=O)Nc1cc2c(c(NC3=CC(=O)N(CCO)C3=O)c1C)C(C)(C)CC2(C)C. The molecule has 0 spiro atoms. The molecule has 7 heteroatoms. The molecule has 0 atom stereocenters. The number of β-amino-alcohol motifs (C(OH)–C–C–N with tert-alkyl or cyclic N) is 1. The van der Waals surface area contributed by atoms with Crippen LogP contribution in [0.5, 0.6) is 0 Å². The quantitative estimate of drug-likeness (QED) is 0.661. The molecular weight excluding hydrogens is 370 g/mol. The Balaban J connectivity index is 2.15. The monoisotopic (exact) mass is 399 g/mol. The lowest BCUT2D eigenvalue weighted by atomic mass is 9.81. The summed E-state index contributed by atoms with van der Waals surface area (Å²) in [6.45, 7) is 11.7. The first-order chi connectivity index (χ1) is 13.4. The number of hydrogen-bond donors (Lipinski definition) is 3. The number of fused-ring (bicyclic) bond motifs is 1. The minimum absolute atomic E-state index is 0.0408. The van der Waals surface area contributed by atoms with Crippen LogP contribution in [0.4, 0.5) is 11.4 Å². The molecule has 1 aliphatic carbocycles. The van der Waals surface area contributed by atoms with Gasteiger partial charge in [0.2, 0.25) is 5.91 Å². The van der Waals surface area contributed by atoms with E-state index in [1.165, 1.54) is 13.0 Å². The van der Waals surface area contributed by atoms with Crippen LogP contribution >= 0.6 is 0 Å². The first-order valence-corrected chi connectivity index (χ1v) is 9.80. The Labute approximate surface area is 171 Å². The number of carbonyl (C=O) groups is 3. The van der Waals surface area contributed by atoms with Crippen molar-refractivity contribution in [2.75, 3.05) is 23.8 Å². The maximum Gasteiger partial charge on any atom is 0.277 e. The number of nitrogens with zero attached hydrogens (tertiary/aromatic N) is 1. The van der Waals surface area contributed by atoms with Gasteiger partial charge in [0, 0.05) is 24.4 Å². The molecule has 7 nitrogen and oxygen atoms in total. The molecule has 29 heavy (non-hydrogen) atoms. The highest BCUT2D eigenvalue weighted by Crippen LogP contribution is 2.54. The minimum Gasteiger partial charge on any atom is -0.395 e. The molecule has 156 valence electrons. The number of aliphatic hydroxyl groups is 1. The number of benzene rings is 1. The highest BCUT2D eigenvalue weighted by Gasteiger charge is 2.45. The zero-order valence-electron chi connectivity index (χ0n) is 17.9. The molecule has 1 heterocycles. The Morgan fingerprint density at radius 1 is 1.21 bits per heavy atom. The summed E-state index contributed by atoms with van der Waals surface area (Å²) < 4.78 is 0. The van der Waals surface area contributed by atoms with Crippen LogP contribution in [-0.4, -0.2) is 40.9 Å². The van der Waals surface area contributed by atoms with E-state index in [0.717, 1.165) is 33.7 Å². The number of aliphatic hydroxyl groups excluding tert-OH is 1. The van der Waals surface area contributed by atoms with Gasteiger partial charge in [0.15, 0.2) is 0 Å². The van der Waals surface area contributed by atoms with Gasteiger partial charge < -0.3 is 15.7 Å². The Kier molecular flexibility index (Phi) is 5.07. The molecule has 0 fully saturated rings. The van der Waals surface area contributed by atoms with E-state index in [0.29, 0.717) is 5.69 Å². The number of hydrogen-bond acceptors (Lipinski definition) is 5.